The number of halogens is 3. The van der Waals surface area contributed by atoms with Gasteiger partial charge in [0.25, 0.3) is 12.7 Å². The van der Waals surface area contributed by atoms with E-state index in [9.17, 15) is 23.3 Å². The van der Waals surface area contributed by atoms with Crippen LogP contribution in [0.1, 0.15) is 12.0 Å². The molecule has 1 aromatic rings. The predicted molar refractivity (Wildman–Crippen MR) is 39.8 cm³/mol. The molecule has 0 N–H and O–H groups in total. The Morgan fingerprint density at radius 2 is 2.14 bits per heavy atom. The zero-order chi connectivity index (χ0) is 10.9. The Bertz CT molecular complexity index is 352. The van der Waals surface area contributed by atoms with Gasteiger partial charge in [0.2, 0.25) is 0 Å². The molecule has 1 rings (SSSR count). The quantitative estimate of drug-likeness (QED) is 0.563. The van der Waals surface area contributed by atoms with E-state index in [2.05, 4.69) is 5.10 Å². The van der Waals surface area contributed by atoms with Gasteiger partial charge in [-0.25, -0.2) is 17.9 Å². The fraction of sp³-hybridized carbons (Fsp3) is 0.500. The second-order valence-electron chi connectivity index (χ2n) is 2.52. The summed E-state index contributed by atoms with van der Waals surface area (Å²) in [5.41, 5.74) is -0.712. The summed E-state index contributed by atoms with van der Waals surface area (Å²) < 4.78 is 36.8. The van der Waals surface area contributed by atoms with Gasteiger partial charge in [-0.2, -0.15) is 5.10 Å². The monoisotopic (exact) mass is 209 g/mol. The largest absolute Gasteiger partial charge is 0.310 e. The Hall–Kier alpha value is -1.60. The molecule has 0 radical (unpaired) electrons. The highest BCUT2D eigenvalue weighted by molar-refractivity contribution is 5.31. The van der Waals surface area contributed by atoms with E-state index >= 15 is 0 Å². The molecular weight excluding hydrogens is 203 g/mol. The van der Waals surface area contributed by atoms with Crippen molar-refractivity contribution in [3.05, 3.63) is 22.0 Å². The van der Waals surface area contributed by atoms with Gasteiger partial charge < -0.3 is 0 Å². The van der Waals surface area contributed by atoms with E-state index in [4.69, 9.17) is 0 Å². The lowest BCUT2D eigenvalue weighted by atomic mass is 10.4. The highest BCUT2D eigenvalue weighted by atomic mass is 19.3. The van der Waals surface area contributed by atoms with Crippen LogP contribution in [0, 0.1) is 17.0 Å². The summed E-state index contributed by atoms with van der Waals surface area (Å²) in [6.45, 7) is 1.15. The molecule has 1 unspecified atom stereocenters. The van der Waals surface area contributed by atoms with Crippen molar-refractivity contribution in [2.75, 3.05) is 0 Å². The van der Waals surface area contributed by atoms with Crippen LogP contribution in [0.25, 0.3) is 0 Å². The van der Waals surface area contributed by atoms with Crippen LogP contribution in [0.4, 0.5) is 18.9 Å². The average molecular weight is 209 g/mol. The van der Waals surface area contributed by atoms with E-state index in [-0.39, 0.29) is 5.69 Å². The van der Waals surface area contributed by atoms with Gasteiger partial charge >= 0.3 is 5.69 Å². The van der Waals surface area contributed by atoms with Crippen LogP contribution in [0.2, 0.25) is 0 Å². The summed E-state index contributed by atoms with van der Waals surface area (Å²) in [7, 11) is 0. The second-order valence-corrected chi connectivity index (χ2v) is 2.52. The Balaban J connectivity index is 3.06. The van der Waals surface area contributed by atoms with E-state index < -0.39 is 23.3 Å². The molecule has 0 fully saturated rings. The Kier molecular flexibility index (Phi) is 2.73. The molecule has 14 heavy (non-hydrogen) atoms. The molecule has 0 amide bonds. The van der Waals surface area contributed by atoms with E-state index in [0.29, 0.717) is 4.68 Å². The first kappa shape index (κ1) is 10.5. The third-order valence-corrected chi connectivity index (χ3v) is 1.66. The fourth-order valence-corrected chi connectivity index (χ4v) is 0.949. The molecule has 0 bridgehead atoms. The fourth-order valence-electron chi connectivity index (χ4n) is 0.949. The van der Waals surface area contributed by atoms with E-state index in [0.717, 1.165) is 13.1 Å². The number of hydrogen-bond acceptors (Lipinski definition) is 3. The molecule has 78 valence electrons. The molecule has 1 aromatic heterocycles. The SMILES string of the molecule is Cc1c([N+](=O)[O-])cnn1C(F)C(F)F. The zero-order valence-corrected chi connectivity index (χ0v) is 7.02. The first-order chi connectivity index (χ1) is 6.45. The highest BCUT2D eigenvalue weighted by Gasteiger charge is 2.27. The summed E-state index contributed by atoms with van der Waals surface area (Å²) in [6, 6.07) is 0. The van der Waals surface area contributed by atoms with Crippen LogP contribution in [0.3, 0.4) is 0 Å². The Morgan fingerprint density at radius 1 is 1.57 bits per heavy atom. The second kappa shape index (κ2) is 3.64. The molecule has 0 saturated heterocycles. The molecule has 0 aliphatic heterocycles. The van der Waals surface area contributed by atoms with Crippen molar-refractivity contribution in [2.45, 2.75) is 19.6 Å². The van der Waals surface area contributed by atoms with Gasteiger partial charge in [-0.15, -0.1) is 0 Å². The summed E-state index contributed by atoms with van der Waals surface area (Å²) in [5.74, 6) is 0. The molecule has 0 spiro atoms. The standard InChI is InChI=1S/C6H6F3N3O2/c1-3-4(12(13)14)2-10-11(3)6(9)5(7)8/h2,5-6H,1H3. The number of hydrogen-bond donors (Lipinski definition) is 0. The van der Waals surface area contributed by atoms with Crippen molar-refractivity contribution in [3.63, 3.8) is 0 Å². The first-order valence-corrected chi connectivity index (χ1v) is 3.56. The van der Waals surface area contributed by atoms with Crippen molar-refractivity contribution in [2.24, 2.45) is 0 Å². The maximum atomic E-state index is 12.7. The third kappa shape index (κ3) is 1.68. The topological polar surface area (TPSA) is 61.0 Å². The maximum Gasteiger partial charge on any atom is 0.310 e. The molecule has 8 heteroatoms. The summed E-state index contributed by atoms with van der Waals surface area (Å²) in [6.07, 6.45) is -5.17. The molecule has 0 aliphatic rings. The van der Waals surface area contributed by atoms with Crippen LogP contribution < -0.4 is 0 Å². The normalized spacial score (nSPS) is 13.2. The van der Waals surface area contributed by atoms with Crippen molar-refractivity contribution in [3.8, 4) is 0 Å². The molecule has 0 aromatic carbocycles. The van der Waals surface area contributed by atoms with Gasteiger partial charge in [0.15, 0.2) is 0 Å². The zero-order valence-electron chi connectivity index (χ0n) is 7.02. The van der Waals surface area contributed by atoms with Gasteiger partial charge in [-0.3, -0.25) is 10.1 Å². The van der Waals surface area contributed by atoms with Crippen LogP contribution >= 0.6 is 0 Å². The minimum absolute atomic E-state index is 0.234. The van der Waals surface area contributed by atoms with Gasteiger partial charge in [0.1, 0.15) is 11.9 Å². The summed E-state index contributed by atoms with van der Waals surface area (Å²) in [5, 5.41) is 13.4. The van der Waals surface area contributed by atoms with Crippen LogP contribution in [-0.2, 0) is 0 Å². The van der Waals surface area contributed by atoms with E-state index in [1.165, 1.54) is 0 Å². The molecule has 1 atom stereocenters. The van der Waals surface area contributed by atoms with Gasteiger partial charge in [0, 0.05) is 0 Å². The number of aromatic nitrogens is 2. The van der Waals surface area contributed by atoms with Gasteiger partial charge in [0.05, 0.1) is 4.92 Å². The smallest absolute Gasteiger partial charge is 0.258 e. The lowest BCUT2D eigenvalue weighted by molar-refractivity contribution is -0.385. The number of rotatable bonds is 3. The van der Waals surface area contributed by atoms with Crippen molar-refractivity contribution < 1.29 is 18.1 Å². The van der Waals surface area contributed by atoms with Crippen molar-refractivity contribution in [1.29, 1.82) is 0 Å². The van der Waals surface area contributed by atoms with Crippen LogP contribution in [0.5, 0.6) is 0 Å². The molecule has 0 aliphatic carbocycles. The van der Waals surface area contributed by atoms with Crippen LogP contribution in [-0.4, -0.2) is 21.1 Å². The number of nitro groups is 1. The summed E-state index contributed by atoms with van der Waals surface area (Å²) in [4.78, 5) is 9.46. The minimum atomic E-state index is -3.26. The Morgan fingerprint density at radius 3 is 2.50 bits per heavy atom. The first-order valence-electron chi connectivity index (χ1n) is 3.56. The highest BCUT2D eigenvalue weighted by Crippen LogP contribution is 2.24. The maximum absolute atomic E-state index is 12.7. The summed E-state index contributed by atoms with van der Waals surface area (Å²) >= 11 is 0. The van der Waals surface area contributed by atoms with Crippen molar-refractivity contribution in [1.82, 2.24) is 9.78 Å². The lowest BCUT2D eigenvalue weighted by Crippen LogP contribution is -2.15. The van der Waals surface area contributed by atoms with Gasteiger partial charge in [-0.1, -0.05) is 0 Å². The Labute approximate surface area is 76.3 Å². The minimum Gasteiger partial charge on any atom is -0.258 e. The van der Waals surface area contributed by atoms with Crippen molar-refractivity contribution >= 4 is 5.69 Å². The molecular formula is C6H6F3N3O2. The van der Waals surface area contributed by atoms with E-state index in [1.807, 2.05) is 0 Å². The molecule has 0 saturated carbocycles. The molecule has 5 nitrogen and oxygen atoms in total. The number of alkyl halides is 3. The number of nitrogens with zero attached hydrogens (tertiary/aromatic N) is 3. The third-order valence-electron chi connectivity index (χ3n) is 1.66. The lowest BCUT2D eigenvalue weighted by Gasteiger charge is -2.07. The van der Waals surface area contributed by atoms with Crippen LogP contribution in [0.15, 0.2) is 6.20 Å². The average Bonchev–Trinajstić information content (AvgIpc) is 2.45. The molecule has 1 heterocycles. The van der Waals surface area contributed by atoms with Gasteiger partial charge in [-0.05, 0) is 6.92 Å². The van der Waals surface area contributed by atoms with E-state index in [1.54, 1.807) is 0 Å². The predicted octanol–water partition coefficient (Wildman–Crippen LogP) is 1.83.